The number of aromatic nitrogens is 2. The number of nitrogens with one attached hydrogen (secondary N) is 3. The van der Waals surface area contributed by atoms with Gasteiger partial charge in [0.05, 0.1) is 28.4 Å². The first-order valence-electron chi connectivity index (χ1n) is 20.1. The topological polar surface area (TPSA) is 186 Å². The summed E-state index contributed by atoms with van der Waals surface area (Å²) in [4.78, 5) is 67.5. The molecule has 296 valence electrons. The lowest BCUT2D eigenvalue weighted by Crippen LogP contribution is -2.58. The summed E-state index contributed by atoms with van der Waals surface area (Å²) in [6.45, 7) is 1.49. The molecule has 3 saturated carbocycles. The van der Waals surface area contributed by atoms with Crippen molar-refractivity contribution >= 4 is 44.7 Å². The number of carbonyl (C=O) groups is 4. The third kappa shape index (κ3) is 8.09. The Morgan fingerprint density at radius 1 is 0.982 bits per heavy atom. The molecule has 4 heterocycles. The van der Waals surface area contributed by atoms with E-state index in [0.29, 0.717) is 61.5 Å². The maximum Gasteiger partial charge on any atom is 0.259 e. The monoisotopic (exact) mass is 776 g/mol. The van der Waals surface area contributed by atoms with Gasteiger partial charge in [0.15, 0.2) is 0 Å². The Labute approximate surface area is 322 Å². The minimum Gasteiger partial charge on any atom is -0.471 e. The number of benzene rings is 1. The predicted octanol–water partition coefficient (Wildman–Crippen LogP) is 3.38. The van der Waals surface area contributed by atoms with Gasteiger partial charge in [0.2, 0.25) is 33.6 Å². The first-order valence-corrected chi connectivity index (χ1v) is 21.6. The second-order valence-corrected chi connectivity index (χ2v) is 18.9. The Balaban J connectivity index is 1.11. The van der Waals surface area contributed by atoms with Crippen molar-refractivity contribution in [3.05, 3.63) is 42.1 Å². The molecule has 3 bridgehead atoms. The lowest BCUT2D eigenvalue weighted by molar-refractivity contribution is -0.143. The van der Waals surface area contributed by atoms with Crippen LogP contribution in [0.4, 0.5) is 0 Å². The van der Waals surface area contributed by atoms with E-state index in [1.54, 1.807) is 6.92 Å². The molecule has 0 unspecified atom stereocenters. The van der Waals surface area contributed by atoms with Gasteiger partial charge in [-0.25, -0.2) is 18.4 Å². The largest absolute Gasteiger partial charge is 0.471 e. The number of carbonyl (C=O) groups excluding carboxylic acids is 4. The van der Waals surface area contributed by atoms with Crippen LogP contribution in [0.1, 0.15) is 103 Å². The highest BCUT2D eigenvalue weighted by molar-refractivity contribution is 7.91. The lowest BCUT2D eigenvalue weighted by Gasteiger charge is -2.30. The van der Waals surface area contributed by atoms with Crippen LogP contribution in [0.15, 0.2) is 36.4 Å². The first kappa shape index (κ1) is 37.8. The molecule has 4 amide bonds. The van der Waals surface area contributed by atoms with Crippen LogP contribution in [0.5, 0.6) is 5.88 Å². The molecule has 0 spiro atoms. The van der Waals surface area contributed by atoms with Gasteiger partial charge in [0, 0.05) is 12.3 Å². The van der Waals surface area contributed by atoms with Crippen LogP contribution >= 0.6 is 0 Å². The lowest BCUT2D eigenvalue weighted by atomic mass is 10.0. The molecule has 2 aromatic rings. The Hall–Kier alpha value is -4.11. The Kier molecular flexibility index (Phi) is 10.4. The van der Waals surface area contributed by atoms with E-state index >= 15 is 0 Å². The number of sulfonamides is 1. The molecule has 1 aromatic carbocycles. The Bertz CT molecular complexity index is 1990. The quantitative estimate of drug-likeness (QED) is 0.391. The minimum absolute atomic E-state index is 0.0289. The number of para-hydroxylation sites is 2. The average Bonchev–Trinajstić information content (AvgIpc) is 4.11. The van der Waals surface area contributed by atoms with Crippen molar-refractivity contribution < 1.29 is 37.1 Å². The maximum atomic E-state index is 14.6. The van der Waals surface area contributed by atoms with Gasteiger partial charge < -0.3 is 25.0 Å². The molecule has 15 heteroatoms. The average molecular weight is 777 g/mol. The van der Waals surface area contributed by atoms with Gasteiger partial charge in [0.1, 0.15) is 36.0 Å². The van der Waals surface area contributed by atoms with Gasteiger partial charge in [0.25, 0.3) is 5.91 Å². The molecule has 8 rings (SSSR count). The Morgan fingerprint density at radius 3 is 2.55 bits per heavy atom. The Morgan fingerprint density at radius 2 is 1.75 bits per heavy atom. The zero-order valence-corrected chi connectivity index (χ0v) is 32.3. The van der Waals surface area contributed by atoms with E-state index in [-0.39, 0.29) is 38.0 Å². The van der Waals surface area contributed by atoms with Crippen LogP contribution in [0.3, 0.4) is 0 Å². The van der Waals surface area contributed by atoms with Gasteiger partial charge in [-0.1, -0.05) is 50.0 Å². The molecule has 55 heavy (non-hydrogen) atoms. The van der Waals surface area contributed by atoms with Gasteiger partial charge in [-0.2, -0.15) is 0 Å². The summed E-state index contributed by atoms with van der Waals surface area (Å²) >= 11 is 0. The van der Waals surface area contributed by atoms with Crippen LogP contribution in [-0.4, -0.2) is 94.6 Å². The molecule has 3 N–H and O–H groups in total. The van der Waals surface area contributed by atoms with E-state index in [1.165, 1.54) is 4.90 Å². The van der Waals surface area contributed by atoms with E-state index in [4.69, 9.17) is 19.4 Å². The summed E-state index contributed by atoms with van der Waals surface area (Å²) in [5.41, 5.74) is 0.638. The van der Waals surface area contributed by atoms with Gasteiger partial charge in [-0.15, -0.1) is 0 Å². The van der Waals surface area contributed by atoms with Crippen molar-refractivity contribution in [2.45, 2.75) is 138 Å². The van der Waals surface area contributed by atoms with E-state index in [2.05, 4.69) is 15.4 Å². The molecule has 3 aliphatic heterocycles. The molecule has 1 aromatic heterocycles. The highest BCUT2D eigenvalue weighted by Gasteiger charge is 2.63. The normalized spacial score (nSPS) is 33.3. The van der Waals surface area contributed by atoms with Gasteiger partial charge >= 0.3 is 0 Å². The fraction of sp³-hybridized carbons (Fsp3) is 0.650. The highest BCUT2D eigenvalue weighted by Crippen LogP contribution is 2.47. The summed E-state index contributed by atoms with van der Waals surface area (Å²) in [5, 5.41) is 5.85. The van der Waals surface area contributed by atoms with E-state index < -0.39 is 62.1 Å². The molecular formula is C40H52N6O8S. The minimum atomic E-state index is -3.97. The molecule has 7 atom stereocenters. The number of aryl methyl sites for hydroxylation is 1. The van der Waals surface area contributed by atoms with Crippen molar-refractivity contribution in [2.75, 3.05) is 13.2 Å². The predicted molar refractivity (Wildman–Crippen MR) is 202 cm³/mol. The summed E-state index contributed by atoms with van der Waals surface area (Å²) in [6.07, 6.45) is 13.3. The van der Waals surface area contributed by atoms with Crippen molar-refractivity contribution in [2.24, 2.45) is 11.8 Å². The second kappa shape index (κ2) is 15.1. The summed E-state index contributed by atoms with van der Waals surface area (Å²) in [7, 11) is -3.97. The molecule has 4 fully saturated rings. The van der Waals surface area contributed by atoms with Crippen molar-refractivity contribution in [1.82, 2.24) is 30.2 Å². The number of hydrogen-bond acceptors (Lipinski definition) is 10. The zero-order chi connectivity index (χ0) is 38.4. The van der Waals surface area contributed by atoms with Crippen molar-refractivity contribution in [3.8, 4) is 5.88 Å². The molecular weight excluding hydrogens is 725 g/mol. The smallest absolute Gasteiger partial charge is 0.259 e. The third-order valence-electron chi connectivity index (χ3n) is 12.5. The standard InChI is InChI=1S/C40H52N6O8S/c1-39(18-19-39)55(51,52)45-38(50)40-22-26(40)13-7-3-2-4-8-17-31-37(49)46-23-27(21-32(46)35(48)44-40)54-36-30(41-28-14-10-11-15-29(28)43-36)16-9-5-6-12-25-20-33(25)53-24-34(47)42-31/h7,10-11,13-15,25-27,31-33H,2-6,8-9,12,16-24H2,1H3,(H,42,47)(H,44,48)(H,45,50)/b13-7-/t25-,26-,27-,31+,32+,33-,40-/m1/s1. The van der Waals surface area contributed by atoms with Crippen LogP contribution in [-0.2, 0) is 40.4 Å². The zero-order valence-electron chi connectivity index (χ0n) is 31.5. The number of nitrogens with zero attached hydrogens (tertiary/aromatic N) is 3. The summed E-state index contributed by atoms with van der Waals surface area (Å²) < 4.78 is 40.2. The van der Waals surface area contributed by atoms with Crippen LogP contribution in [0, 0.1) is 11.8 Å². The summed E-state index contributed by atoms with van der Waals surface area (Å²) in [5.74, 6) is -1.80. The first-order chi connectivity index (χ1) is 26.4. The number of fused-ring (bicyclic) bond motifs is 6. The number of allylic oxidation sites excluding steroid dienone is 1. The van der Waals surface area contributed by atoms with Crippen LogP contribution < -0.4 is 20.1 Å². The molecule has 3 aliphatic carbocycles. The highest BCUT2D eigenvalue weighted by atomic mass is 32.2. The number of ether oxygens (including phenoxy) is 2. The SMILES string of the molecule is CC1(S(=O)(=O)NC(=O)[C@@]23C[C@H]2/C=C\CCCCC[C@@H]2NC(=O)CO[C@@H]4C[C@H]4CCCCCc4nc5ccccc5nc4O[C@@H]4C[C@@H](C(=O)N3)N(C4)C2=O)CC1. The summed E-state index contributed by atoms with van der Waals surface area (Å²) in [6, 6.07) is 5.60. The molecule has 1 saturated heterocycles. The molecule has 14 nitrogen and oxygen atoms in total. The number of hydrogen-bond donors (Lipinski definition) is 3. The van der Waals surface area contributed by atoms with Crippen LogP contribution in [0.25, 0.3) is 11.0 Å². The van der Waals surface area contributed by atoms with E-state index in [0.717, 1.165) is 50.5 Å². The van der Waals surface area contributed by atoms with Gasteiger partial charge in [-0.3, -0.25) is 23.9 Å². The van der Waals surface area contributed by atoms with Crippen LogP contribution in [0.2, 0.25) is 0 Å². The third-order valence-corrected chi connectivity index (χ3v) is 14.6. The van der Waals surface area contributed by atoms with E-state index in [1.807, 2.05) is 36.4 Å². The maximum absolute atomic E-state index is 14.6. The number of rotatable bonds is 3. The van der Waals surface area contributed by atoms with Gasteiger partial charge in [-0.05, 0) is 89.2 Å². The van der Waals surface area contributed by atoms with E-state index in [9.17, 15) is 27.6 Å². The fourth-order valence-electron chi connectivity index (χ4n) is 8.40. The number of amides is 4. The fourth-order valence-corrected chi connectivity index (χ4v) is 9.72. The second-order valence-electron chi connectivity index (χ2n) is 16.7. The van der Waals surface area contributed by atoms with Crippen molar-refractivity contribution in [3.63, 3.8) is 0 Å². The van der Waals surface area contributed by atoms with Crippen molar-refractivity contribution in [1.29, 1.82) is 0 Å². The molecule has 6 aliphatic rings. The molecule has 0 radical (unpaired) electrons.